The van der Waals surface area contributed by atoms with Gasteiger partial charge in [-0.05, 0) is 56.0 Å². The molecule has 0 spiro atoms. The Morgan fingerprint density at radius 3 is 1.91 bits per heavy atom. The van der Waals surface area contributed by atoms with Crippen LogP contribution in [0.2, 0.25) is 6.04 Å². The summed E-state index contributed by atoms with van der Waals surface area (Å²) in [7, 11) is 11.7. The summed E-state index contributed by atoms with van der Waals surface area (Å²) in [6.07, 6.45) is 22.3. The molecule has 2 bridgehead atoms. The molecule has 7 rings (SSSR count). The van der Waals surface area contributed by atoms with Gasteiger partial charge in [-0.2, -0.15) is 21.5 Å². The van der Waals surface area contributed by atoms with Gasteiger partial charge in [0.05, 0.1) is 14.2 Å². The Kier molecular flexibility index (Phi) is 10.9. The maximum atomic E-state index is 5.52. The van der Waals surface area contributed by atoms with E-state index in [1.807, 2.05) is 0 Å². The van der Waals surface area contributed by atoms with E-state index < -0.39 is 29.6 Å². The van der Waals surface area contributed by atoms with Gasteiger partial charge in [-0.15, -0.1) is 58.2 Å². The fourth-order valence-electron chi connectivity index (χ4n) is 7.99. The van der Waals surface area contributed by atoms with E-state index in [0.717, 1.165) is 11.5 Å². The number of hydrogen-bond acceptors (Lipinski definition) is 2. The Morgan fingerprint density at radius 2 is 1.33 bits per heavy atom. The van der Waals surface area contributed by atoms with Gasteiger partial charge < -0.3 is 9.47 Å². The van der Waals surface area contributed by atoms with Crippen LogP contribution in [-0.4, -0.2) is 23.0 Å². The number of fused-ring (bicyclic) bond motifs is 6. The molecule has 234 valence electrons. The molecule has 3 aliphatic rings. The van der Waals surface area contributed by atoms with Crippen LogP contribution >= 0.6 is 17.0 Å². The molecule has 4 aromatic carbocycles. The molecule has 0 aromatic heterocycles. The molecule has 0 N–H and O–H groups in total. The minimum absolute atomic E-state index is 0.225. The number of halogens is 2. The molecule has 46 heavy (non-hydrogen) atoms. The van der Waals surface area contributed by atoms with E-state index in [1.54, 1.807) is 41.3 Å². The van der Waals surface area contributed by atoms with Crippen LogP contribution in [0.1, 0.15) is 74.7 Å². The number of aryl methyl sites for hydroxylation is 1. The second kappa shape index (κ2) is 15.1. The van der Waals surface area contributed by atoms with Crippen LogP contribution in [0.25, 0.3) is 12.2 Å². The van der Waals surface area contributed by atoms with Crippen molar-refractivity contribution in [1.29, 1.82) is 0 Å². The van der Waals surface area contributed by atoms with Crippen molar-refractivity contribution in [2.45, 2.75) is 51.0 Å². The molecule has 1 heterocycles. The second-order valence-corrected chi connectivity index (χ2v) is 18.9. The summed E-state index contributed by atoms with van der Waals surface area (Å²) in [5.74, 6) is 2.27. The third-order valence-corrected chi connectivity index (χ3v) is 13.9. The molecule has 1 aliphatic heterocycles. The molecular weight excluding hydrogens is 703 g/mol. The van der Waals surface area contributed by atoms with E-state index in [0.29, 0.717) is 0 Å². The van der Waals surface area contributed by atoms with Crippen molar-refractivity contribution in [1.82, 2.24) is 0 Å². The zero-order valence-electron chi connectivity index (χ0n) is 26.9. The Hall–Kier alpha value is -2.62. The van der Waals surface area contributed by atoms with E-state index in [4.69, 9.17) is 26.5 Å². The van der Waals surface area contributed by atoms with Crippen LogP contribution in [0, 0.1) is 13.8 Å². The van der Waals surface area contributed by atoms with E-state index in [9.17, 15) is 0 Å². The SMILES string of the molecule is COc1ccc(C2C=CC=Cc3[cH-]c(C)c([SiH]4CCCC[c-]5c(C)c4c4c5C=CC=CC4c4ccc(OC)cc4)c32)cc1.[Cl][Zr+2][Cl]. The van der Waals surface area contributed by atoms with Gasteiger partial charge in [0.1, 0.15) is 11.5 Å². The molecule has 3 atom stereocenters. The minimum atomic E-state index is -1.62. The van der Waals surface area contributed by atoms with Gasteiger partial charge in [-0.25, -0.2) is 0 Å². The molecule has 2 nitrogen and oxygen atoms in total. The summed E-state index contributed by atoms with van der Waals surface area (Å²) in [6.45, 7) is 4.81. The average molecular weight is 743 g/mol. The Labute approximate surface area is 294 Å². The molecule has 2 aliphatic carbocycles. The summed E-state index contributed by atoms with van der Waals surface area (Å²) in [6, 6.07) is 21.2. The predicted molar refractivity (Wildman–Crippen MR) is 195 cm³/mol. The number of benzene rings is 2. The second-order valence-electron chi connectivity index (χ2n) is 12.3. The number of allylic oxidation sites excluding steroid dienone is 6. The summed E-state index contributed by atoms with van der Waals surface area (Å²) in [4.78, 5) is 0. The normalized spacial score (nSPS) is 19.4. The fourth-order valence-corrected chi connectivity index (χ4v) is 12.3. The summed E-state index contributed by atoms with van der Waals surface area (Å²) in [5, 5.41) is 3.37. The summed E-state index contributed by atoms with van der Waals surface area (Å²) in [5.41, 5.74) is 13.3. The van der Waals surface area contributed by atoms with Gasteiger partial charge in [0.2, 0.25) is 0 Å². The van der Waals surface area contributed by atoms with Crippen LogP contribution in [0.15, 0.2) is 91.1 Å². The van der Waals surface area contributed by atoms with Crippen molar-refractivity contribution in [3.8, 4) is 11.5 Å². The van der Waals surface area contributed by atoms with Crippen LogP contribution in [0.5, 0.6) is 11.5 Å². The molecule has 0 saturated carbocycles. The van der Waals surface area contributed by atoms with E-state index in [1.165, 1.54) is 58.7 Å². The fraction of sp³-hybridized carbons (Fsp3) is 0.250. The van der Waals surface area contributed by atoms with E-state index in [2.05, 4.69) is 117 Å². The van der Waals surface area contributed by atoms with Crippen LogP contribution in [-0.2, 0) is 27.3 Å². The predicted octanol–water partition coefficient (Wildman–Crippen LogP) is 9.24. The molecule has 0 fully saturated rings. The topological polar surface area (TPSA) is 18.5 Å². The van der Waals surface area contributed by atoms with Crippen molar-refractivity contribution in [3.63, 3.8) is 0 Å². The van der Waals surface area contributed by atoms with Crippen LogP contribution in [0.4, 0.5) is 0 Å². The summed E-state index contributed by atoms with van der Waals surface area (Å²) >= 11 is -0.826. The molecule has 4 aromatic rings. The van der Waals surface area contributed by atoms with Crippen molar-refractivity contribution in [2.24, 2.45) is 0 Å². The molecule has 6 heteroatoms. The van der Waals surface area contributed by atoms with Crippen LogP contribution in [0.3, 0.4) is 0 Å². The van der Waals surface area contributed by atoms with Crippen molar-refractivity contribution in [3.05, 3.63) is 141 Å². The molecule has 0 amide bonds. The molecule has 0 saturated heterocycles. The first-order chi connectivity index (χ1) is 22.5. The number of ether oxygens (including phenoxy) is 2. The zero-order valence-corrected chi connectivity index (χ0v) is 32.1. The summed E-state index contributed by atoms with van der Waals surface area (Å²) < 4.78 is 11.0. The molecule has 3 unspecified atom stereocenters. The van der Waals surface area contributed by atoms with E-state index >= 15 is 0 Å². The zero-order chi connectivity index (χ0) is 32.2. The third-order valence-electron chi connectivity index (χ3n) is 9.97. The van der Waals surface area contributed by atoms with Crippen LogP contribution < -0.4 is 19.8 Å². The first-order valence-corrected chi connectivity index (χ1v) is 24.4. The Morgan fingerprint density at radius 1 is 0.761 bits per heavy atom. The van der Waals surface area contributed by atoms with E-state index in [-0.39, 0.29) is 11.8 Å². The standard InChI is InChI=1S/C40H40O2Si.2ClH.Zr/c1-26-25-30-11-5-6-13-34(28-16-20-31(41-3)21-17-28)37(30)39(26)43-24-10-9-12-33-27(2)40(43)38-35(14-7-8-15-36(33)38)29-18-22-32(42-4)23-19-29;;;/h5-8,11,13-23,25,34-35,43H,9-10,12,24H2,1-4H3;2*1H;/q-2;;;+4/p-2. The van der Waals surface area contributed by atoms with Crippen molar-refractivity contribution >= 4 is 48.3 Å². The number of rotatable bonds is 5. The number of hydrogen-bond donors (Lipinski definition) is 0. The third kappa shape index (κ3) is 6.44. The monoisotopic (exact) mass is 740 g/mol. The van der Waals surface area contributed by atoms with Crippen molar-refractivity contribution in [2.75, 3.05) is 14.2 Å². The van der Waals surface area contributed by atoms with Crippen molar-refractivity contribution < 1.29 is 30.3 Å². The number of methoxy groups -OCH3 is 2. The molecule has 0 radical (unpaired) electrons. The average Bonchev–Trinajstić information content (AvgIpc) is 3.33. The van der Waals surface area contributed by atoms with Gasteiger partial charge in [0, 0.05) is 0 Å². The first-order valence-electron chi connectivity index (χ1n) is 16.1. The van der Waals surface area contributed by atoms with Gasteiger partial charge in [-0.3, -0.25) is 0 Å². The first kappa shape index (κ1) is 33.3. The Bertz CT molecular complexity index is 1790. The van der Waals surface area contributed by atoms with Gasteiger partial charge in [-0.1, -0.05) is 87.7 Å². The quantitative estimate of drug-likeness (QED) is 0.150. The molecular formula is C40H40Cl2O2SiZr. The van der Waals surface area contributed by atoms with Gasteiger partial charge in [0.15, 0.2) is 0 Å². The van der Waals surface area contributed by atoms with Gasteiger partial charge >= 0.3 is 37.9 Å². The Balaban J connectivity index is 0.00000119. The maximum absolute atomic E-state index is 5.52. The van der Waals surface area contributed by atoms with Gasteiger partial charge in [0.25, 0.3) is 0 Å².